The quantitative estimate of drug-likeness (QED) is 0.798. The molecule has 23 heavy (non-hydrogen) atoms. The van der Waals surface area contributed by atoms with Crippen LogP contribution in [0, 0.1) is 6.92 Å². The van der Waals surface area contributed by atoms with E-state index in [0.29, 0.717) is 0 Å². The van der Waals surface area contributed by atoms with Crippen LogP contribution in [0.15, 0.2) is 46.7 Å². The van der Waals surface area contributed by atoms with E-state index in [0.717, 1.165) is 10.4 Å². The van der Waals surface area contributed by atoms with E-state index in [4.69, 9.17) is 0 Å². The first-order valence-electron chi connectivity index (χ1n) is 7.17. The van der Waals surface area contributed by atoms with Crippen LogP contribution in [0.25, 0.3) is 0 Å². The van der Waals surface area contributed by atoms with Crippen LogP contribution in [-0.2, 0) is 14.6 Å². The lowest BCUT2D eigenvalue weighted by atomic mass is 10.2. The summed E-state index contributed by atoms with van der Waals surface area (Å²) in [5.41, 5.74) is 0.975. The highest BCUT2D eigenvalue weighted by molar-refractivity contribution is 7.91. The summed E-state index contributed by atoms with van der Waals surface area (Å²) in [7, 11) is -3.47. The van der Waals surface area contributed by atoms with Crippen molar-refractivity contribution >= 4 is 27.1 Å². The van der Waals surface area contributed by atoms with Crippen LogP contribution in [-0.4, -0.2) is 31.7 Å². The van der Waals surface area contributed by atoms with Crippen LogP contribution in [0.2, 0.25) is 0 Å². The third-order valence-corrected chi connectivity index (χ3v) is 6.25. The fourth-order valence-corrected chi connectivity index (χ4v) is 4.26. The molecule has 2 rings (SSSR count). The molecule has 1 aromatic carbocycles. The van der Waals surface area contributed by atoms with Crippen molar-refractivity contribution in [3.63, 3.8) is 0 Å². The second-order valence-electron chi connectivity index (χ2n) is 5.17. The third kappa shape index (κ3) is 4.89. The topological polar surface area (TPSA) is 83.5 Å². The minimum Gasteiger partial charge on any atom is -0.386 e. The predicted molar refractivity (Wildman–Crippen MR) is 90.1 cm³/mol. The van der Waals surface area contributed by atoms with Crippen molar-refractivity contribution in [1.82, 2.24) is 5.32 Å². The van der Waals surface area contributed by atoms with E-state index in [9.17, 15) is 18.3 Å². The van der Waals surface area contributed by atoms with E-state index < -0.39 is 21.8 Å². The van der Waals surface area contributed by atoms with Crippen LogP contribution in [0.3, 0.4) is 0 Å². The Morgan fingerprint density at radius 1 is 1.26 bits per heavy atom. The Hall–Kier alpha value is -1.70. The summed E-state index contributed by atoms with van der Waals surface area (Å²) in [6.07, 6.45) is -0.905. The largest absolute Gasteiger partial charge is 0.386 e. The normalized spacial score (nSPS) is 12.8. The Bertz CT molecular complexity index is 753. The molecule has 0 saturated carbocycles. The van der Waals surface area contributed by atoms with Gasteiger partial charge in [-0.3, -0.25) is 4.79 Å². The Morgan fingerprint density at radius 3 is 2.57 bits per heavy atom. The van der Waals surface area contributed by atoms with Gasteiger partial charge in [0.05, 0.1) is 10.6 Å². The van der Waals surface area contributed by atoms with Crippen LogP contribution in [0.1, 0.15) is 23.0 Å². The Labute approximate surface area is 139 Å². The van der Waals surface area contributed by atoms with Crippen molar-refractivity contribution in [1.29, 1.82) is 0 Å². The summed E-state index contributed by atoms with van der Waals surface area (Å²) in [5, 5.41) is 14.5. The van der Waals surface area contributed by atoms with Gasteiger partial charge < -0.3 is 10.4 Å². The lowest BCUT2D eigenvalue weighted by Crippen LogP contribution is -2.29. The van der Waals surface area contributed by atoms with Gasteiger partial charge in [-0.1, -0.05) is 18.2 Å². The standard InChI is InChI=1S/C16H19NO4S2/c1-12-7-9-22-16(12)14(18)11-17-15(19)8-10-23(20,21)13-5-3-2-4-6-13/h2-7,9,14,18H,8,10-11H2,1H3,(H,17,19). The Balaban J connectivity index is 1.83. The number of aliphatic hydroxyl groups is 1. The fraction of sp³-hybridized carbons (Fsp3) is 0.312. The summed E-state index contributed by atoms with van der Waals surface area (Å²) in [6.45, 7) is 1.97. The van der Waals surface area contributed by atoms with Crippen molar-refractivity contribution in [3.05, 3.63) is 52.2 Å². The number of nitrogens with one attached hydrogen (secondary N) is 1. The van der Waals surface area contributed by atoms with Gasteiger partial charge in [0.2, 0.25) is 5.91 Å². The van der Waals surface area contributed by atoms with Crippen molar-refractivity contribution < 1.29 is 18.3 Å². The SMILES string of the molecule is Cc1ccsc1C(O)CNC(=O)CCS(=O)(=O)c1ccccc1. The molecule has 0 saturated heterocycles. The van der Waals surface area contributed by atoms with Crippen LogP contribution in [0.4, 0.5) is 0 Å². The summed E-state index contributed by atoms with van der Waals surface area (Å²) in [4.78, 5) is 12.8. The maximum atomic E-state index is 12.1. The highest BCUT2D eigenvalue weighted by Crippen LogP contribution is 2.23. The smallest absolute Gasteiger partial charge is 0.221 e. The molecule has 0 spiro atoms. The molecule has 0 bridgehead atoms. The number of sulfone groups is 1. The monoisotopic (exact) mass is 353 g/mol. The Kier molecular flexibility index (Phi) is 5.92. The molecule has 2 N–H and O–H groups in total. The molecule has 1 aromatic heterocycles. The molecule has 0 aliphatic rings. The summed E-state index contributed by atoms with van der Waals surface area (Å²) >= 11 is 1.43. The summed E-state index contributed by atoms with van der Waals surface area (Å²) in [5.74, 6) is -0.644. The zero-order chi connectivity index (χ0) is 16.9. The lowest BCUT2D eigenvalue weighted by molar-refractivity contribution is -0.121. The van der Waals surface area contributed by atoms with Gasteiger partial charge in [0.25, 0.3) is 0 Å². The highest BCUT2D eigenvalue weighted by Gasteiger charge is 2.17. The fourth-order valence-electron chi connectivity index (χ4n) is 2.09. The molecule has 0 aliphatic heterocycles. The zero-order valence-corrected chi connectivity index (χ0v) is 14.4. The highest BCUT2D eigenvalue weighted by atomic mass is 32.2. The molecule has 1 heterocycles. The van der Waals surface area contributed by atoms with Gasteiger partial charge in [0.15, 0.2) is 9.84 Å². The molecule has 124 valence electrons. The molecule has 0 fully saturated rings. The minimum absolute atomic E-state index is 0.0750. The van der Waals surface area contributed by atoms with Gasteiger partial charge in [0, 0.05) is 17.8 Å². The number of thiophene rings is 1. The number of aryl methyl sites for hydroxylation is 1. The van der Waals surface area contributed by atoms with Gasteiger partial charge in [0.1, 0.15) is 6.10 Å². The number of rotatable bonds is 7. The summed E-state index contributed by atoms with van der Waals surface area (Å²) in [6, 6.07) is 9.95. The maximum Gasteiger partial charge on any atom is 0.221 e. The first kappa shape index (κ1) is 17.7. The molecule has 5 nitrogen and oxygen atoms in total. The van der Waals surface area contributed by atoms with Gasteiger partial charge >= 0.3 is 0 Å². The first-order valence-corrected chi connectivity index (χ1v) is 9.70. The van der Waals surface area contributed by atoms with E-state index in [2.05, 4.69) is 5.32 Å². The van der Waals surface area contributed by atoms with E-state index in [1.165, 1.54) is 23.5 Å². The molecule has 2 aromatic rings. The van der Waals surface area contributed by atoms with Crippen LogP contribution >= 0.6 is 11.3 Å². The van der Waals surface area contributed by atoms with Crippen LogP contribution < -0.4 is 5.32 Å². The molecule has 1 atom stereocenters. The molecular weight excluding hydrogens is 334 g/mol. The Morgan fingerprint density at radius 2 is 1.96 bits per heavy atom. The number of hydrogen-bond acceptors (Lipinski definition) is 5. The molecule has 7 heteroatoms. The molecule has 1 unspecified atom stereocenters. The number of benzene rings is 1. The molecular formula is C16H19NO4S2. The average Bonchev–Trinajstić information content (AvgIpc) is 2.98. The molecule has 0 aliphatic carbocycles. The first-order chi connectivity index (χ1) is 10.9. The van der Waals surface area contributed by atoms with E-state index in [1.54, 1.807) is 18.2 Å². The third-order valence-electron chi connectivity index (χ3n) is 3.40. The lowest BCUT2D eigenvalue weighted by Gasteiger charge is -2.11. The predicted octanol–water partition coefficient (Wildman–Crippen LogP) is 2.07. The number of carbonyl (C=O) groups excluding carboxylic acids is 1. The average molecular weight is 353 g/mol. The van der Waals surface area contributed by atoms with E-state index >= 15 is 0 Å². The number of carbonyl (C=O) groups is 1. The van der Waals surface area contributed by atoms with Crippen molar-refractivity contribution in [2.75, 3.05) is 12.3 Å². The van der Waals surface area contributed by atoms with Gasteiger partial charge in [-0.05, 0) is 36.1 Å². The number of aliphatic hydroxyl groups excluding tert-OH is 1. The number of amides is 1. The molecule has 0 radical (unpaired) electrons. The van der Waals surface area contributed by atoms with Crippen LogP contribution in [0.5, 0.6) is 0 Å². The minimum atomic E-state index is -3.47. The molecule has 1 amide bonds. The van der Waals surface area contributed by atoms with Gasteiger partial charge in [-0.2, -0.15) is 0 Å². The van der Waals surface area contributed by atoms with Crippen molar-refractivity contribution in [2.45, 2.75) is 24.3 Å². The second-order valence-corrected chi connectivity index (χ2v) is 8.23. The second kappa shape index (κ2) is 7.72. The van der Waals surface area contributed by atoms with E-state index in [-0.39, 0.29) is 23.6 Å². The van der Waals surface area contributed by atoms with E-state index in [1.807, 2.05) is 18.4 Å². The summed E-state index contributed by atoms with van der Waals surface area (Å²) < 4.78 is 24.2. The van der Waals surface area contributed by atoms with Gasteiger partial charge in [-0.25, -0.2) is 8.42 Å². The number of hydrogen-bond donors (Lipinski definition) is 2. The van der Waals surface area contributed by atoms with Crippen molar-refractivity contribution in [3.8, 4) is 0 Å². The maximum absolute atomic E-state index is 12.1. The zero-order valence-electron chi connectivity index (χ0n) is 12.7. The van der Waals surface area contributed by atoms with Gasteiger partial charge in [-0.15, -0.1) is 11.3 Å². The van der Waals surface area contributed by atoms with Crippen molar-refractivity contribution in [2.24, 2.45) is 0 Å².